The second kappa shape index (κ2) is 8.60. The van der Waals surface area contributed by atoms with Crippen molar-refractivity contribution >= 4 is 38.9 Å². The minimum atomic E-state index is -3.48. The Hall–Kier alpha value is -1.61. The summed E-state index contributed by atoms with van der Waals surface area (Å²) in [6.45, 7) is 2.82. The normalized spacial score (nSPS) is 15.7. The molecule has 146 valence electrons. The van der Waals surface area contributed by atoms with E-state index >= 15 is 0 Å². The van der Waals surface area contributed by atoms with E-state index in [1.807, 2.05) is 6.92 Å². The van der Waals surface area contributed by atoms with Crippen molar-refractivity contribution in [2.24, 2.45) is 0 Å². The summed E-state index contributed by atoms with van der Waals surface area (Å²) < 4.78 is 33.1. The topological polar surface area (TPSA) is 75.7 Å². The number of rotatable bonds is 6. The SMILES string of the molecule is Cc1cc(OCC(=O)N2CCC(NS(=O)(=O)c3cccs3)CC2)ccc1Cl. The molecule has 0 radical (unpaired) electrons. The molecule has 2 aromatic rings. The first-order valence-electron chi connectivity index (χ1n) is 8.58. The van der Waals surface area contributed by atoms with Gasteiger partial charge in [-0.15, -0.1) is 11.3 Å². The Morgan fingerprint density at radius 3 is 2.70 bits per heavy atom. The van der Waals surface area contributed by atoms with Crippen molar-refractivity contribution in [3.05, 3.63) is 46.3 Å². The molecule has 1 saturated heterocycles. The Morgan fingerprint density at radius 1 is 1.33 bits per heavy atom. The molecule has 0 saturated carbocycles. The van der Waals surface area contributed by atoms with Gasteiger partial charge in [0.1, 0.15) is 9.96 Å². The van der Waals surface area contributed by atoms with Crippen molar-refractivity contribution in [2.75, 3.05) is 19.7 Å². The van der Waals surface area contributed by atoms with E-state index in [-0.39, 0.29) is 18.6 Å². The number of hydrogen-bond donors (Lipinski definition) is 1. The molecule has 1 amide bonds. The minimum Gasteiger partial charge on any atom is -0.484 e. The van der Waals surface area contributed by atoms with Crippen LogP contribution in [0.4, 0.5) is 0 Å². The second-order valence-corrected chi connectivity index (χ2v) is 9.70. The Balaban J connectivity index is 1.47. The largest absolute Gasteiger partial charge is 0.484 e. The van der Waals surface area contributed by atoms with E-state index in [0.717, 1.165) is 5.56 Å². The van der Waals surface area contributed by atoms with Crippen LogP contribution < -0.4 is 9.46 Å². The average Bonchev–Trinajstić information content (AvgIpc) is 3.18. The third-order valence-electron chi connectivity index (χ3n) is 4.42. The van der Waals surface area contributed by atoms with E-state index in [1.54, 1.807) is 40.6 Å². The number of sulfonamides is 1. The standard InChI is InChI=1S/C18H21ClN2O4S2/c1-13-11-15(4-5-16(13)19)25-12-17(22)21-8-6-14(7-9-21)20-27(23,24)18-3-2-10-26-18/h2-5,10-11,14,20H,6-9,12H2,1H3. The van der Waals surface area contributed by atoms with Gasteiger partial charge in [0.05, 0.1) is 0 Å². The van der Waals surface area contributed by atoms with Gasteiger partial charge >= 0.3 is 0 Å². The van der Waals surface area contributed by atoms with Crippen LogP contribution >= 0.6 is 22.9 Å². The molecule has 0 aliphatic carbocycles. The van der Waals surface area contributed by atoms with Gasteiger partial charge in [0.15, 0.2) is 6.61 Å². The molecule has 1 aromatic carbocycles. The number of likely N-dealkylation sites (tertiary alicyclic amines) is 1. The summed E-state index contributed by atoms with van der Waals surface area (Å²) in [7, 11) is -3.48. The Bertz CT molecular complexity index is 892. The quantitative estimate of drug-likeness (QED) is 0.767. The van der Waals surface area contributed by atoms with Crippen LogP contribution in [-0.2, 0) is 14.8 Å². The van der Waals surface area contributed by atoms with Gasteiger partial charge in [0.2, 0.25) is 10.0 Å². The fourth-order valence-electron chi connectivity index (χ4n) is 2.88. The number of nitrogens with one attached hydrogen (secondary N) is 1. The van der Waals surface area contributed by atoms with Gasteiger partial charge in [-0.25, -0.2) is 13.1 Å². The number of thiophene rings is 1. The highest BCUT2D eigenvalue weighted by molar-refractivity contribution is 7.91. The number of aryl methyl sites for hydroxylation is 1. The average molecular weight is 429 g/mol. The van der Waals surface area contributed by atoms with Crippen LogP contribution in [0.5, 0.6) is 5.75 Å². The predicted molar refractivity (Wildman–Crippen MR) is 106 cm³/mol. The lowest BCUT2D eigenvalue weighted by atomic mass is 10.1. The van der Waals surface area contributed by atoms with E-state index < -0.39 is 10.0 Å². The Morgan fingerprint density at radius 2 is 2.07 bits per heavy atom. The number of carbonyl (C=O) groups is 1. The van der Waals surface area contributed by atoms with Crippen LogP contribution in [-0.4, -0.2) is 45.0 Å². The fourth-order valence-corrected chi connectivity index (χ4v) is 5.32. The lowest BCUT2D eigenvalue weighted by Gasteiger charge is -2.32. The maximum Gasteiger partial charge on any atom is 0.260 e. The number of carbonyl (C=O) groups excluding carboxylic acids is 1. The number of nitrogens with zero attached hydrogens (tertiary/aromatic N) is 1. The fraction of sp³-hybridized carbons (Fsp3) is 0.389. The van der Waals surface area contributed by atoms with Gasteiger partial charge in [0.25, 0.3) is 5.91 Å². The zero-order chi connectivity index (χ0) is 19.4. The van der Waals surface area contributed by atoms with E-state index in [1.165, 1.54) is 11.3 Å². The van der Waals surface area contributed by atoms with Crippen LogP contribution in [0.2, 0.25) is 5.02 Å². The van der Waals surface area contributed by atoms with Gasteiger partial charge in [-0.3, -0.25) is 4.79 Å². The van der Waals surface area contributed by atoms with Crippen molar-refractivity contribution in [3.63, 3.8) is 0 Å². The van der Waals surface area contributed by atoms with Gasteiger partial charge in [-0.2, -0.15) is 0 Å². The van der Waals surface area contributed by atoms with E-state index in [4.69, 9.17) is 16.3 Å². The number of halogens is 1. The van der Waals surface area contributed by atoms with Gasteiger partial charge < -0.3 is 9.64 Å². The lowest BCUT2D eigenvalue weighted by Crippen LogP contribution is -2.47. The highest BCUT2D eigenvalue weighted by Gasteiger charge is 2.27. The summed E-state index contributed by atoms with van der Waals surface area (Å²) >= 11 is 7.17. The molecular formula is C18H21ClN2O4S2. The lowest BCUT2D eigenvalue weighted by molar-refractivity contribution is -0.134. The molecule has 0 unspecified atom stereocenters. The monoisotopic (exact) mass is 428 g/mol. The zero-order valence-electron chi connectivity index (χ0n) is 14.9. The van der Waals surface area contributed by atoms with Crippen LogP contribution in [0.1, 0.15) is 18.4 Å². The third kappa shape index (κ3) is 5.22. The molecule has 0 spiro atoms. The van der Waals surface area contributed by atoms with E-state index in [0.29, 0.717) is 40.9 Å². The predicted octanol–water partition coefficient (Wildman–Crippen LogP) is 3.06. The second-order valence-electron chi connectivity index (χ2n) is 6.41. The van der Waals surface area contributed by atoms with Crippen molar-refractivity contribution in [1.29, 1.82) is 0 Å². The van der Waals surface area contributed by atoms with Crippen molar-refractivity contribution in [2.45, 2.75) is 30.0 Å². The first-order chi connectivity index (χ1) is 12.8. The molecule has 1 aliphatic rings. The number of hydrogen-bond acceptors (Lipinski definition) is 5. The first-order valence-corrected chi connectivity index (χ1v) is 11.3. The summed E-state index contributed by atoms with van der Waals surface area (Å²) in [6.07, 6.45) is 1.16. The Kier molecular flexibility index (Phi) is 6.41. The molecular weight excluding hydrogens is 408 g/mol. The summed E-state index contributed by atoms with van der Waals surface area (Å²) in [5.41, 5.74) is 0.889. The van der Waals surface area contributed by atoms with E-state index in [2.05, 4.69) is 4.72 Å². The molecule has 9 heteroatoms. The summed E-state index contributed by atoms with van der Waals surface area (Å²) in [5, 5.41) is 2.39. The molecule has 6 nitrogen and oxygen atoms in total. The summed E-state index contributed by atoms with van der Waals surface area (Å²) in [4.78, 5) is 14.0. The molecule has 1 N–H and O–H groups in total. The Labute approximate surface area is 168 Å². The molecule has 1 aromatic heterocycles. The maximum atomic E-state index is 12.3. The molecule has 3 rings (SSSR count). The zero-order valence-corrected chi connectivity index (χ0v) is 17.2. The molecule has 1 aliphatic heterocycles. The van der Waals surface area contributed by atoms with Gasteiger partial charge in [-0.05, 0) is 55.0 Å². The number of ether oxygens (including phenoxy) is 1. The number of piperidine rings is 1. The molecule has 27 heavy (non-hydrogen) atoms. The van der Waals surface area contributed by atoms with Gasteiger partial charge in [0, 0.05) is 24.2 Å². The summed E-state index contributed by atoms with van der Waals surface area (Å²) in [5.74, 6) is 0.492. The minimum absolute atomic E-state index is 0.0489. The van der Waals surface area contributed by atoms with Crippen molar-refractivity contribution < 1.29 is 17.9 Å². The van der Waals surface area contributed by atoms with Crippen molar-refractivity contribution in [3.8, 4) is 5.75 Å². The highest BCUT2D eigenvalue weighted by Crippen LogP contribution is 2.22. The molecule has 0 bridgehead atoms. The molecule has 1 fully saturated rings. The first kappa shape index (κ1) is 20.1. The van der Waals surface area contributed by atoms with Gasteiger partial charge in [-0.1, -0.05) is 17.7 Å². The van der Waals surface area contributed by atoms with Crippen molar-refractivity contribution in [1.82, 2.24) is 9.62 Å². The highest BCUT2D eigenvalue weighted by atomic mass is 35.5. The van der Waals surface area contributed by atoms with Crippen LogP contribution in [0.15, 0.2) is 39.9 Å². The van der Waals surface area contributed by atoms with Crippen LogP contribution in [0.25, 0.3) is 0 Å². The number of amides is 1. The van der Waals surface area contributed by atoms with Crippen LogP contribution in [0, 0.1) is 6.92 Å². The molecule has 0 atom stereocenters. The van der Waals surface area contributed by atoms with Crippen LogP contribution in [0.3, 0.4) is 0 Å². The molecule has 2 heterocycles. The maximum absolute atomic E-state index is 12.3. The smallest absolute Gasteiger partial charge is 0.260 e. The summed E-state index contributed by atoms with van der Waals surface area (Å²) in [6, 6.07) is 8.39. The number of benzene rings is 1. The third-order valence-corrected chi connectivity index (χ3v) is 7.76. The van der Waals surface area contributed by atoms with E-state index in [9.17, 15) is 13.2 Å².